The minimum absolute atomic E-state index is 0.0105. The van der Waals surface area contributed by atoms with Crippen LogP contribution in [0.5, 0.6) is 0 Å². The van der Waals surface area contributed by atoms with E-state index in [0.717, 1.165) is 17.7 Å². The third kappa shape index (κ3) is 5.53. The number of hydrogen-bond acceptors (Lipinski definition) is 6. The van der Waals surface area contributed by atoms with E-state index in [1.54, 1.807) is 31.2 Å². The summed E-state index contributed by atoms with van der Waals surface area (Å²) >= 11 is 0. The van der Waals surface area contributed by atoms with E-state index in [1.165, 1.54) is 11.7 Å². The van der Waals surface area contributed by atoms with Crippen molar-refractivity contribution in [3.8, 4) is 22.4 Å². The molecule has 4 aromatic rings. The van der Waals surface area contributed by atoms with Crippen LogP contribution in [0.15, 0.2) is 66.7 Å². The van der Waals surface area contributed by atoms with Crippen molar-refractivity contribution in [2.45, 2.75) is 31.3 Å². The molecule has 1 atom stereocenters. The van der Waals surface area contributed by atoms with Gasteiger partial charge in [-0.15, -0.1) is 5.10 Å². The van der Waals surface area contributed by atoms with Crippen LogP contribution in [0.2, 0.25) is 0 Å². The van der Waals surface area contributed by atoms with Crippen molar-refractivity contribution in [1.29, 1.82) is 0 Å². The Kier molecular flexibility index (Phi) is 7.80. The number of carbonyl (C=O) groups excluding carboxylic acids is 1. The minimum atomic E-state index is -1.08. The molecule has 41 heavy (non-hydrogen) atoms. The number of hydrogen-bond donors (Lipinski definition) is 2. The summed E-state index contributed by atoms with van der Waals surface area (Å²) in [6.45, 7) is 2.37. The molecule has 1 amide bonds. The number of halogens is 2. The van der Waals surface area contributed by atoms with Crippen molar-refractivity contribution in [1.82, 2.24) is 15.0 Å². The van der Waals surface area contributed by atoms with Gasteiger partial charge in [-0.05, 0) is 48.6 Å². The number of benzene rings is 3. The predicted octanol–water partition coefficient (Wildman–Crippen LogP) is 5.87. The van der Waals surface area contributed by atoms with Gasteiger partial charge in [-0.25, -0.2) is 18.3 Å². The first-order valence-corrected chi connectivity index (χ1v) is 13.0. The largest absolute Gasteiger partial charge is 0.481 e. The van der Waals surface area contributed by atoms with Crippen LogP contribution in [0, 0.1) is 11.6 Å². The number of aromatic nitrogens is 3. The summed E-state index contributed by atoms with van der Waals surface area (Å²) in [5.41, 5.74) is 0.378. The topological polar surface area (TPSA) is 116 Å². The first-order valence-electron chi connectivity index (χ1n) is 13.0. The Morgan fingerprint density at radius 1 is 1.02 bits per heavy atom. The number of aliphatic carboxylic acids is 1. The fourth-order valence-electron chi connectivity index (χ4n) is 5.02. The highest BCUT2D eigenvalue weighted by atomic mass is 19.1. The molecule has 1 saturated heterocycles. The Balaban J connectivity index is 1.39. The molecule has 1 unspecified atom stereocenters. The Bertz CT molecular complexity index is 1570. The van der Waals surface area contributed by atoms with Crippen LogP contribution in [-0.2, 0) is 26.7 Å². The highest BCUT2D eigenvalue weighted by molar-refractivity contribution is 5.89. The number of nitrogens with zero attached hydrogens (tertiary/aromatic N) is 3. The maximum Gasteiger partial charge on any atom is 0.413 e. The molecular weight excluding hydrogens is 534 g/mol. The van der Waals surface area contributed by atoms with Crippen LogP contribution < -0.4 is 5.32 Å². The number of rotatable bonds is 7. The zero-order chi connectivity index (χ0) is 29.1. The molecule has 0 radical (unpaired) electrons. The van der Waals surface area contributed by atoms with Gasteiger partial charge in [0.05, 0.1) is 5.41 Å². The van der Waals surface area contributed by atoms with Gasteiger partial charge in [-0.1, -0.05) is 59.8 Å². The molecule has 1 aliphatic rings. The van der Waals surface area contributed by atoms with E-state index in [0.29, 0.717) is 37.2 Å². The van der Waals surface area contributed by atoms with Crippen molar-refractivity contribution in [2.24, 2.45) is 7.05 Å². The van der Waals surface area contributed by atoms with Crippen molar-refractivity contribution in [2.75, 3.05) is 18.5 Å². The molecule has 9 nitrogen and oxygen atoms in total. The van der Waals surface area contributed by atoms with E-state index in [-0.39, 0.29) is 22.6 Å². The normalized spacial score (nSPS) is 15.2. The molecule has 2 N–H and O–H groups in total. The monoisotopic (exact) mass is 562 g/mol. The summed E-state index contributed by atoms with van der Waals surface area (Å²) in [6, 6.07) is 17.6. The number of aryl methyl sites for hydroxylation is 1. The summed E-state index contributed by atoms with van der Waals surface area (Å²) < 4.78 is 42.8. The number of carboxylic acids is 1. The molecule has 0 aliphatic carbocycles. The number of amides is 1. The van der Waals surface area contributed by atoms with E-state index >= 15 is 8.78 Å². The number of ether oxygens (including phenoxy) is 2. The molecule has 5 rings (SSSR count). The van der Waals surface area contributed by atoms with Gasteiger partial charge in [0.25, 0.3) is 0 Å². The van der Waals surface area contributed by atoms with E-state index in [1.807, 2.05) is 30.3 Å². The van der Waals surface area contributed by atoms with Crippen LogP contribution in [0.3, 0.4) is 0 Å². The van der Waals surface area contributed by atoms with Crippen molar-refractivity contribution < 1.29 is 33.0 Å². The molecule has 3 aromatic carbocycles. The molecule has 0 spiro atoms. The van der Waals surface area contributed by atoms with Crippen molar-refractivity contribution in [3.05, 3.63) is 89.5 Å². The maximum atomic E-state index is 15.4. The number of carbonyl (C=O) groups is 2. The maximum absolute atomic E-state index is 15.4. The zero-order valence-electron chi connectivity index (χ0n) is 22.4. The van der Waals surface area contributed by atoms with Gasteiger partial charge < -0.3 is 14.6 Å². The van der Waals surface area contributed by atoms with Gasteiger partial charge in [-0.2, -0.15) is 0 Å². The first kappa shape index (κ1) is 27.9. The second-order valence-corrected chi connectivity index (χ2v) is 9.88. The summed E-state index contributed by atoms with van der Waals surface area (Å²) in [5, 5.41) is 20.2. The van der Waals surface area contributed by atoms with Gasteiger partial charge in [0.15, 0.2) is 5.82 Å². The van der Waals surface area contributed by atoms with E-state index < -0.39 is 35.2 Å². The van der Waals surface area contributed by atoms with Crippen molar-refractivity contribution >= 4 is 17.9 Å². The van der Waals surface area contributed by atoms with E-state index in [9.17, 15) is 14.7 Å². The summed E-state index contributed by atoms with van der Waals surface area (Å²) in [5.74, 6) is -2.43. The zero-order valence-corrected chi connectivity index (χ0v) is 22.4. The Morgan fingerprint density at radius 2 is 1.66 bits per heavy atom. The van der Waals surface area contributed by atoms with Gasteiger partial charge in [0.1, 0.15) is 23.4 Å². The fraction of sp³-hybridized carbons (Fsp3) is 0.267. The van der Waals surface area contributed by atoms with Gasteiger partial charge in [-0.3, -0.25) is 10.1 Å². The smallest absolute Gasteiger partial charge is 0.413 e. The van der Waals surface area contributed by atoms with Crippen LogP contribution >= 0.6 is 0 Å². The van der Waals surface area contributed by atoms with Crippen LogP contribution in [0.25, 0.3) is 22.4 Å². The molecular formula is C30H28F2N4O5. The molecule has 1 aliphatic heterocycles. The molecule has 1 aromatic heterocycles. The molecule has 212 valence electrons. The Hall–Kier alpha value is -4.64. The minimum Gasteiger partial charge on any atom is -0.481 e. The van der Waals surface area contributed by atoms with Crippen LogP contribution in [-0.4, -0.2) is 45.4 Å². The third-order valence-electron chi connectivity index (χ3n) is 7.42. The van der Waals surface area contributed by atoms with Gasteiger partial charge in [0, 0.05) is 31.4 Å². The number of nitrogens with one attached hydrogen (secondary N) is 1. The summed E-state index contributed by atoms with van der Waals surface area (Å²) in [4.78, 5) is 24.7. The van der Waals surface area contributed by atoms with E-state index in [4.69, 9.17) is 9.47 Å². The molecule has 1 fully saturated rings. The standard InChI is InChI=1S/C30H28F2N4O5/c1-18(19-6-4-3-5-7-19)41-29(39)33-27-26(34-35-36(27)2)23-17-24(31)22(16-25(23)32)20-8-10-21(11-9-20)30(28(37)38)12-14-40-15-13-30/h3-11,16-18H,12-15H2,1-2H3,(H,33,39)(H,37,38). The van der Waals surface area contributed by atoms with Crippen LogP contribution in [0.1, 0.15) is 37.0 Å². The molecule has 11 heteroatoms. The first-order chi connectivity index (χ1) is 19.7. The highest BCUT2D eigenvalue weighted by Gasteiger charge is 2.41. The average molecular weight is 563 g/mol. The average Bonchev–Trinajstić information content (AvgIpc) is 3.33. The lowest BCUT2D eigenvalue weighted by atomic mass is 9.74. The summed E-state index contributed by atoms with van der Waals surface area (Å²) in [7, 11) is 1.50. The second-order valence-electron chi connectivity index (χ2n) is 9.88. The molecule has 0 saturated carbocycles. The van der Waals surface area contributed by atoms with Crippen molar-refractivity contribution in [3.63, 3.8) is 0 Å². The number of carboxylic acid groups (broad SMARTS) is 1. The SMILES string of the molecule is CC(OC(=O)Nc1c(-c2cc(F)c(-c3ccc(C4(C(=O)O)CCOCC4)cc3)cc2F)nnn1C)c1ccccc1. The third-order valence-corrected chi connectivity index (χ3v) is 7.42. The molecule has 2 heterocycles. The van der Waals surface area contributed by atoms with Gasteiger partial charge in [0.2, 0.25) is 0 Å². The quantitative estimate of drug-likeness (QED) is 0.289. The van der Waals surface area contributed by atoms with Gasteiger partial charge >= 0.3 is 12.1 Å². The highest BCUT2D eigenvalue weighted by Crippen LogP contribution is 2.38. The summed E-state index contributed by atoms with van der Waals surface area (Å²) in [6.07, 6.45) is -0.717. The van der Waals surface area contributed by atoms with Crippen LogP contribution in [0.4, 0.5) is 19.4 Å². The Labute approximate surface area is 234 Å². The molecule has 0 bridgehead atoms. The fourth-order valence-corrected chi connectivity index (χ4v) is 5.02. The van der Waals surface area contributed by atoms with E-state index in [2.05, 4.69) is 15.6 Å². The lowest BCUT2D eigenvalue weighted by molar-refractivity contribution is -0.147. The lowest BCUT2D eigenvalue weighted by Gasteiger charge is -2.33. The Morgan fingerprint density at radius 3 is 2.32 bits per heavy atom. The number of anilines is 1. The predicted molar refractivity (Wildman–Crippen MR) is 146 cm³/mol. The lowest BCUT2D eigenvalue weighted by Crippen LogP contribution is -2.41. The second kappa shape index (κ2) is 11.5.